The van der Waals surface area contributed by atoms with Gasteiger partial charge in [-0.15, -0.1) is 37.2 Å². The normalized spacial score (nSPS) is 14.1. The van der Waals surface area contributed by atoms with Crippen molar-refractivity contribution >= 4 is 54.2 Å². The highest BCUT2D eigenvalue weighted by molar-refractivity contribution is 5.86. The molecule has 3 N–H and O–H groups in total. The van der Waals surface area contributed by atoms with Crippen LogP contribution in [-0.4, -0.2) is 38.8 Å². The minimum Gasteiger partial charge on any atom is -0.441 e. The Kier molecular flexibility index (Phi) is 9.35. The number of nitrogens with one attached hydrogen (secondary N) is 2. The molecule has 0 aliphatic carbocycles. The lowest BCUT2D eigenvalue weighted by atomic mass is 10.1. The van der Waals surface area contributed by atoms with Crippen LogP contribution >= 0.6 is 37.2 Å². The number of aliphatic hydroxyl groups is 1. The van der Waals surface area contributed by atoms with Crippen molar-refractivity contribution in [2.75, 3.05) is 18.4 Å². The van der Waals surface area contributed by atoms with Crippen molar-refractivity contribution in [1.29, 1.82) is 0 Å². The number of benzene rings is 1. The maximum Gasteiger partial charge on any atom is 0.220 e. The highest BCUT2D eigenvalue weighted by Crippen LogP contribution is 2.23. The van der Waals surface area contributed by atoms with E-state index in [1.807, 2.05) is 18.2 Å². The molecule has 1 saturated heterocycles. The van der Waals surface area contributed by atoms with Crippen LogP contribution in [0.3, 0.4) is 0 Å². The van der Waals surface area contributed by atoms with Gasteiger partial charge in [0.15, 0.2) is 0 Å². The van der Waals surface area contributed by atoms with Gasteiger partial charge in [0, 0.05) is 6.04 Å². The lowest BCUT2D eigenvalue weighted by Crippen LogP contribution is -2.36. The van der Waals surface area contributed by atoms with Crippen LogP contribution in [0.2, 0.25) is 0 Å². The number of oxazole rings is 1. The summed E-state index contributed by atoms with van der Waals surface area (Å²) in [4.78, 5) is 8.81. The largest absolute Gasteiger partial charge is 0.441 e. The summed E-state index contributed by atoms with van der Waals surface area (Å²) in [6.45, 7) is 2.39. The molecular weight excluding hydrogens is 413 g/mol. The second-order valence-electron chi connectivity index (χ2n) is 6.06. The first kappa shape index (κ1) is 23.5. The van der Waals surface area contributed by atoms with Crippen LogP contribution in [0.15, 0.2) is 34.9 Å². The quantitative estimate of drug-likeness (QED) is 0.570. The summed E-state index contributed by atoms with van der Waals surface area (Å²) in [5.74, 6) is 1.89. The second kappa shape index (κ2) is 10.7. The fraction of sp³-hybridized carbons (Fsp3) is 0.412. The van der Waals surface area contributed by atoms with Crippen LogP contribution in [0, 0.1) is 0 Å². The molecule has 1 fully saturated rings. The van der Waals surface area contributed by atoms with Crippen LogP contribution in [0.25, 0.3) is 11.0 Å². The van der Waals surface area contributed by atoms with Gasteiger partial charge in [-0.1, -0.05) is 12.1 Å². The molecule has 2 aromatic heterocycles. The van der Waals surface area contributed by atoms with Gasteiger partial charge in [-0.05, 0) is 38.1 Å². The molecule has 0 spiro atoms. The summed E-state index contributed by atoms with van der Waals surface area (Å²) >= 11 is 0. The molecule has 1 aromatic carbocycles. The van der Waals surface area contributed by atoms with Gasteiger partial charge in [0.05, 0.1) is 23.8 Å². The fourth-order valence-electron chi connectivity index (χ4n) is 3.14. The Morgan fingerprint density at radius 1 is 1.19 bits per heavy atom. The van der Waals surface area contributed by atoms with Crippen LogP contribution < -0.4 is 10.6 Å². The van der Waals surface area contributed by atoms with E-state index >= 15 is 0 Å². The van der Waals surface area contributed by atoms with Gasteiger partial charge < -0.3 is 24.7 Å². The molecule has 150 valence electrons. The second-order valence-corrected chi connectivity index (χ2v) is 6.06. The predicted octanol–water partition coefficient (Wildman–Crippen LogP) is 2.99. The molecule has 0 atom stereocenters. The molecule has 7 nitrogen and oxygen atoms in total. The zero-order valence-electron chi connectivity index (χ0n) is 14.6. The maximum absolute atomic E-state index is 9.13. The number of nitrogens with zero attached hydrogens (tertiary/aromatic N) is 3. The molecule has 4 rings (SSSR count). The number of imidazole rings is 1. The molecule has 0 unspecified atom stereocenters. The van der Waals surface area contributed by atoms with Crippen LogP contribution in [0.5, 0.6) is 0 Å². The topological polar surface area (TPSA) is 88.1 Å². The zero-order chi connectivity index (χ0) is 16.4. The third-order valence-electron chi connectivity index (χ3n) is 4.38. The van der Waals surface area contributed by atoms with Crippen LogP contribution in [0.4, 0.5) is 5.95 Å². The van der Waals surface area contributed by atoms with Crippen molar-refractivity contribution in [3.8, 4) is 0 Å². The minimum absolute atomic E-state index is 0. The first-order valence-electron chi connectivity index (χ1n) is 8.30. The van der Waals surface area contributed by atoms with Gasteiger partial charge in [-0.25, -0.2) is 9.97 Å². The van der Waals surface area contributed by atoms with E-state index in [-0.39, 0.29) is 43.8 Å². The van der Waals surface area contributed by atoms with E-state index in [2.05, 4.69) is 26.3 Å². The Balaban J connectivity index is 0.00000121. The highest BCUT2D eigenvalue weighted by Gasteiger charge is 2.18. The maximum atomic E-state index is 9.13. The van der Waals surface area contributed by atoms with E-state index in [9.17, 15) is 0 Å². The SMILES string of the molecule is Cl.Cl.Cl.OCc1ncc(Cn2c(NC3CCNCC3)nc3ccccc32)o1. The lowest BCUT2D eigenvalue weighted by molar-refractivity contribution is 0.236. The van der Waals surface area contributed by atoms with E-state index in [0.717, 1.165) is 42.9 Å². The summed E-state index contributed by atoms with van der Waals surface area (Å²) in [6.07, 6.45) is 3.83. The molecule has 10 heteroatoms. The predicted molar refractivity (Wildman–Crippen MR) is 113 cm³/mol. The number of fused-ring (bicyclic) bond motifs is 1. The number of hydrogen-bond acceptors (Lipinski definition) is 6. The number of halogens is 3. The van der Waals surface area contributed by atoms with E-state index in [0.29, 0.717) is 24.2 Å². The Hall–Kier alpha value is -1.51. The smallest absolute Gasteiger partial charge is 0.220 e. The Labute approximate surface area is 176 Å². The monoisotopic (exact) mass is 435 g/mol. The number of piperidine rings is 1. The van der Waals surface area contributed by atoms with Gasteiger partial charge in [-0.2, -0.15) is 0 Å². The molecule has 0 radical (unpaired) electrons. The number of rotatable bonds is 5. The molecule has 0 bridgehead atoms. The average Bonchev–Trinajstić information content (AvgIpc) is 3.21. The van der Waals surface area contributed by atoms with Crippen molar-refractivity contribution in [3.05, 3.63) is 42.1 Å². The molecule has 3 heterocycles. The molecular formula is C17H24Cl3N5O2. The van der Waals surface area contributed by atoms with Crippen LogP contribution in [0.1, 0.15) is 24.5 Å². The number of aliphatic hydroxyl groups excluding tert-OH is 1. The summed E-state index contributed by atoms with van der Waals surface area (Å²) < 4.78 is 7.66. The summed E-state index contributed by atoms with van der Waals surface area (Å²) in [5, 5.41) is 16.1. The van der Waals surface area contributed by atoms with Crippen molar-refractivity contribution in [2.24, 2.45) is 0 Å². The number of anilines is 1. The molecule has 0 saturated carbocycles. The van der Waals surface area contributed by atoms with Gasteiger partial charge in [0.1, 0.15) is 12.4 Å². The molecule has 27 heavy (non-hydrogen) atoms. The van der Waals surface area contributed by atoms with Gasteiger partial charge in [0.25, 0.3) is 0 Å². The fourth-order valence-corrected chi connectivity index (χ4v) is 3.14. The third kappa shape index (κ3) is 5.27. The van der Waals surface area contributed by atoms with E-state index in [4.69, 9.17) is 14.5 Å². The van der Waals surface area contributed by atoms with Crippen molar-refractivity contribution in [2.45, 2.75) is 32.0 Å². The summed E-state index contributed by atoms with van der Waals surface area (Å²) in [7, 11) is 0. The van der Waals surface area contributed by atoms with Crippen LogP contribution in [-0.2, 0) is 13.2 Å². The van der Waals surface area contributed by atoms with E-state index in [1.54, 1.807) is 6.20 Å². The van der Waals surface area contributed by atoms with Gasteiger partial charge >= 0.3 is 0 Å². The first-order chi connectivity index (χ1) is 11.8. The zero-order valence-corrected chi connectivity index (χ0v) is 17.1. The Morgan fingerprint density at radius 2 is 1.93 bits per heavy atom. The molecule has 1 aliphatic rings. The number of para-hydroxylation sites is 2. The highest BCUT2D eigenvalue weighted by atomic mass is 35.5. The van der Waals surface area contributed by atoms with Gasteiger partial charge in [0.2, 0.25) is 11.8 Å². The van der Waals surface area contributed by atoms with Crippen molar-refractivity contribution < 1.29 is 9.52 Å². The number of aromatic nitrogens is 3. The van der Waals surface area contributed by atoms with Crippen molar-refractivity contribution in [3.63, 3.8) is 0 Å². The lowest BCUT2D eigenvalue weighted by Gasteiger charge is -2.24. The Morgan fingerprint density at radius 3 is 2.63 bits per heavy atom. The van der Waals surface area contributed by atoms with E-state index in [1.165, 1.54) is 0 Å². The summed E-state index contributed by atoms with van der Waals surface area (Å²) in [6, 6.07) is 8.49. The Bertz CT molecular complexity index is 833. The molecule has 0 amide bonds. The molecule has 3 aromatic rings. The minimum atomic E-state index is -0.190. The summed E-state index contributed by atoms with van der Waals surface area (Å²) in [5.41, 5.74) is 2.01. The van der Waals surface area contributed by atoms with Crippen molar-refractivity contribution in [1.82, 2.24) is 19.9 Å². The number of hydrogen-bond donors (Lipinski definition) is 3. The standard InChI is InChI=1S/C17H21N5O2.3ClH/c23-11-16-19-9-13(24-16)10-22-15-4-2-1-3-14(15)21-17(22)20-12-5-7-18-8-6-12;;;/h1-4,9,12,18,23H,5-8,10-11H2,(H,20,21);3*1H. The first-order valence-corrected chi connectivity index (χ1v) is 8.30. The van der Waals surface area contributed by atoms with Gasteiger partial charge in [-0.3, -0.25) is 0 Å². The average molecular weight is 437 g/mol. The third-order valence-corrected chi connectivity index (χ3v) is 4.38. The van der Waals surface area contributed by atoms with E-state index < -0.39 is 0 Å². The molecule has 1 aliphatic heterocycles.